The van der Waals surface area contributed by atoms with Crippen LogP contribution in [0.2, 0.25) is 5.02 Å². The minimum atomic E-state index is -0.697. The summed E-state index contributed by atoms with van der Waals surface area (Å²) >= 11 is 6.88. The van der Waals surface area contributed by atoms with Crippen molar-refractivity contribution >= 4 is 35.2 Å². The first-order chi connectivity index (χ1) is 8.95. The highest BCUT2D eigenvalue weighted by Crippen LogP contribution is 2.22. The molecule has 104 valence electrons. The quantitative estimate of drug-likeness (QED) is 0.587. The van der Waals surface area contributed by atoms with Crippen LogP contribution in [0, 0.1) is 0 Å². The second-order valence-electron chi connectivity index (χ2n) is 3.35. The summed E-state index contributed by atoms with van der Waals surface area (Å²) in [6.45, 7) is 1.63. The number of nitrogens with zero attached hydrogens (tertiary/aromatic N) is 2. The van der Waals surface area contributed by atoms with Gasteiger partial charge in [-0.3, -0.25) is 14.4 Å². The van der Waals surface area contributed by atoms with E-state index in [1.807, 2.05) is 0 Å². The molecule has 0 saturated heterocycles. The summed E-state index contributed by atoms with van der Waals surface area (Å²) in [5, 5.41) is 3.64. The standard InChI is InChI=1S/C10H12ClN3O4S/c1-2-18-8(16)5-19-6-3-13-14(4-7(12)15)10(17)9(6)11/h3H,2,4-5H2,1H3,(H2,12,15). The Morgan fingerprint density at radius 1 is 1.58 bits per heavy atom. The largest absolute Gasteiger partial charge is 0.465 e. The number of primary amides is 1. The fourth-order valence-corrected chi connectivity index (χ4v) is 2.15. The Balaban J connectivity index is 2.82. The molecule has 0 aromatic carbocycles. The summed E-state index contributed by atoms with van der Waals surface area (Å²) in [5.41, 5.74) is 4.33. The van der Waals surface area contributed by atoms with Gasteiger partial charge < -0.3 is 10.5 Å². The van der Waals surface area contributed by atoms with E-state index in [0.717, 1.165) is 16.4 Å². The van der Waals surface area contributed by atoms with Crippen molar-refractivity contribution in [1.29, 1.82) is 0 Å². The Kier molecular flexibility index (Phi) is 5.84. The van der Waals surface area contributed by atoms with E-state index >= 15 is 0 Å². The van der Waals surface area contributed by atoms with Crippen molar-refractivity contribution in [1.82, 2.24) is 9.78 Å². The van der Waals surface area contributed by atoms with Crippen LogP contribution >= 0.6 is 23.4 Å². The van der Waals surface area contributed by atoms with E-state index in [9.17, 15) is 14.4 Å². The van der Waals surface area contributed by atoms with Crippen LogP contribution in [0.4, 0.5) is 0 Å². The topological polar surface area (TPSA) is 104 Å². The molecular formula is C10H12ClN3O4S. The molecule has 19 heavy (non-hydrogen) atoms. The maximum atomic E-state index is 11.7. The number of carbonyl (C=O) groups excluding carboxylic acids is 2. The summed E-state index contributed by atoms with van der Waals surface area (Å²) < 4.78 is 5.60. The van der Waals surface area contributed by atoms with Crippen LogP contribution < -0.4 is 11.3 Å². The van der Waals surface area contributed by atoms with Crippen molar-refractivity contribution in [2.24, 2.45) is 5.73 Å². The van der Waals surface area contributed by atoms with Gasteiger partial charge in [0.2, 0.25) is 5.91 Å². The minimum absolute atomic E-state index is 0.0223. The Hall–Kier alpha value is -1.54. The van der Waals surface area contributed by atoms with Crippen molar-refractivity contribution in [2.75, 3.05) is 12.4 Å². The van der Waals surface area contributed by atoms with E-state index < -0.39 is 17.4 Å². The van der Waals surface area contributed by atoms with Gasteiger partial charge in [0.1, 0.15) is 11.6 Å². The second-order valence-corrected chi connectivity index (χ2v) is 4.74. The predicted octanol–water partition coefficient (Wildman–Crippen LogP) is 0.0372. The number of rotatable bonds is 6. The molecule has 1 heterocycles. The molecule has 1 amide bonds. The zero-order valence-electron chi connectivity index (χ0n) is 10.1. The highest BCUT2D eigenvalue weighted by atomic mass is 35.5. The second kappa shape index (κ2) is 7.15. The predicted molar refractivity (Wildman–Crippen MR) is 70.1 cm³/mol. The van der Waals surface area contributed by atoms with Gasteiger partial charge in [-0.2, -0.15) is 5.10 Å². The number of hydrogen-bond donors (Lipinski definition) is 1. The van der Waals surface area contributed by atoms with Crippen molar-refractivity contribution in [2.45, 2.75) is 18.4 Å². The number of carbonyl (C=O) groups is 2. The van der Waals surface area contributed by atoms with Crippen LogP contribution in [0.5, 0.6) is 0 Å². The third-order valence-electron chi connectivity index (χ3n) is 1.91. The fourth-order valence-electron chi connectivity index (χ4n) is 1.15. The molecule has 0 aliphatic rings. The number of amides is 1. The zero-order chi connectivity index (χ0) is 14.4. The number of esters is 1. The molecule has 7 nitrogen and oxygen atoms in total. The number of thioether (sulfide) groups is 1. The maximum Gasteiger partial charge on any atom is 0.316 e. The Morgan fingerprint density at radius 2 is 2.26 bits per heavy atom. The molecule has 0 aliphatic carbocycles. The molecule has 0 spiro atoms. The van der Waals surface area contributed by atoms with Crippen LogP contribution in [0.3, 0.4) is 0 Å². The lowest BCUT2D eigenvalue weighted by Crippen LogP contribution is -2.30. The number of hydrogen-bond acceptors (Lipinski definition) is 6. The van der Waals surface area contributed by atoms with Gasteiger partial charge in [0.05, 0.1) is 23.5 Å². The van der Waals surface area contributed by atoms with Crippen LogP contribution in [0.25, 0.3) is 0 Å². The van der Waals surface area contributed by atoms with Gasteiger partial charge in [-0.15, -0.1) is 11.8 Å². The maximum absolute atomic E-state index is 11.7. The molecule has 0 unspecified atom stereocenters. The van der Waals surface area contributed by atoms with Crippen LogP contribution in [0.1, 0.15) is 6.92 Å². The number of nitrogens with two attached hydrogens (primary N) is 1. The summed E-state index contributed by atoms with van der Waals surface area (Å²) in [7, 11) is 0. The highest BCUT2D eigenvalue weighted by Gasteiger charge is 2.12. The molecule has 0 radical (unpaired) electrons. The summed E-state index contributed by atoms with van der Waals surface area (Å²) in [6.07, 6.45) is 1.30. The van der Waals surface area contributed by atoms with E-state index in [2.05, 4.69) is 5.10 Å². The minimum Gasteiger partial charge on any atom is -0.465 e. The van der Waals surface area contributed by atoms with E-state index in [4.69, 9.17) is 22.1 Å². The summed E-state index contributed by atoms with van der Waals surface area (Å²) in [4.78, 5) is 34.0. The molecule has 0 saturated carbocycles. The fraction of sp³-hybridized carbons (Fsp3) is 0.400. The van der Waals surface area contributed by atoms with Crippen LogP contribution in [-0.2, 0) is 20.9 Å². The third-order valence-corrected chi connectivity index (χ3v) is 3.39. The van der Waals surface area contributed by atoms with Gasteiger partial charge >= 0.3 is 5.97 Å². The first-order valence-corrected chi connectivity index (χ1v) is 6.64. The monoisotopic (exact) mass is 305 g/mol. The average Bonchev–Trinajstić information content (AvgIpc) is 2.34. The van der Waals surface area contributed by atoms with E-state index in [0.29, 0.717) is 4.90 Å². The first kappa shape index (κ1) is 15.5. The van der Waals surface area contributed by atoms with Gasteiger partial charge in [-0.25, -0.2) is 4.68 Å². The van der Waals surface area contributed by atoms with Crippen molar-refractivity contribution in [3.05, 3.63) is 21.6 Å². The van der Waals surface area contributed by atoms with E-state index in [1.165, 1.54) is 6.20 Å². The van der Waals surface area contributed by atoms with E-state index in [-0.39, 0.29) is 23.9 Å². The lowest BCUT2D eigenvalue weighted by atomic mass is 10.5. The third kappa shape index (κ3) is 4.56. The summed E-state index contributed by atoms with van der Waals surface area (Å²) in [5.74, 6) is -1.09. The molecule has 1 rings (SSSR count). The molecule has 0 fully saturated rings. The number of aromatic nitrogens is 2. The molecule has 0 atom stereocenters. The van der Waals surface area contributed by atoms with Gasteiger partial charge in [0, 0.05) is 0 Å². The molecule has 2 N–H and O–H groups in total. The van der Waals surface area contributed by atoms with Gasteiger partial charge in [0.15, 0.2) is 0 Å². The number of ether oxygens (including phenoxy) is 1. The van der Waals surface area contributed by atoms with Gasteiger partial charge in [-0.1, -0.05) is 11.6 Å². The molecule has 9 heteroatoms. The molecule has 0 aliphatic heterocycles. The summed E-state index contributed by atoms with van der Waals surface area (Å²) in [6, 6.07) is 0. The van der Waals surface area contributed by atoms with Crippen molar-refractivity contribution in [3.63, 3.8) is 0 Å². The molecule has 0 bridgehead atoms. The van der Waals surface area contributed by atoms with Crippen molar-refractivity contribution in [3.8, 4) is 0 Å². The van der Waals surface area contributed by atoms with Gasteiger partial charge in [-0.05, 0) is 6.92 Å². The highest BCUT2D eigenvalue weighted by molar-refractivity contribution is 8.00. The van der Waals surface area contributed by atoms with E-state index in [1.54, 1.807) is 6.92 Å². The normalized spacial score (nSPS) is 10.2. The molecule has 1 aromatic heterocycles. The average molecular weight is 306 g/mol. The Morgan fingerprint density at radius 3 is 2.84 bits per heavy atom. The number of halogens is 1. The smallest absolute Gasteiger partial charge is 0.316 e. The zero-order valence-corrected chi connectivity index (χ0v) is 11.7. The Bertz CT molecular complexity index is 546. The first-order valence-electron chi connectivity index (χ1n) is 5.28. The Labute approximate surface area is 118 Å². The van der Waals surface area contributed by atoms with Crippen molar-refractivity contribution < 1.29 is 14.3 Å². The molecular weight excluding hydrogens is 294 g/mol. The van der Waals surface area contributed by atoms with Crippen LogP contribution in [0.15, 0.2) is 15.9 Å². The van der Waals surface area contributed by atoms with Gasteiger partial charge in [0.25, 0.3) is 5.56 Å². The SMILES string of the molecule is CCOC(=O)CSc1cnn(CC(N)=O)c(=O)c1Cl. The molecule has 1 aromatic rings. The lowest BCUT2D eigenvalue weighted by Gasteiger charge is -2.06. The van der Waals surface area contributed by atoms with Crippen LogP contribution in [-0.4, -0.2) is 34.0 Å². The lowest BCUT2D eigenvalue weighted by molar-refractivity contribution is -0.139.